The van der Waals surface area contributed by atoms with Gasteiger partial charge in [-0.05, 0) is 30.2 Å². The third kappa shape index (κ3) is 5.32. The Morgan fingerprint density at radius 3 is 2.58 bits per heavy atom. The van der Waals surface area contributed by atoms with Gasteiger partial charge in [-0.1, -0.05) is 12.1 Å². The van der Waals surface area contributed by atoms with Crippen molar-refractivity contribution in [2.75, 3.05) is 24.6 Å². The van der Waals surface area contributed by atoms with Crippen LogP contribution in [0.2, 0.25) is 0 Å². The van der Waals surface area contributed by atoms with Crippen molar-refractivity contribution in [3.8, 4) is 5.75 Å². The van der Waals surface area contributed by atoms with Gasteiger partial charge in [0.25, 0.3) is 5.91 Å². The number of benzene rings is 1. The average molecular weight is 437 g/mol. The van der Waals surface area contributed by atoms with E-state index in [1.165, 1.54) is 11.8 Å². The van der Waals surface area contributed by atoms with Crippen molar-refractivity contribution in [2.24, 2.45) is 0 Å². The lowest BCUT2D eigenvalue weighted by atomic mass is 10.1. The molecule has 31 heavy (non-hydrogen) atoms. The molecule has 1 saturated heterocycles. The molecule has 10 heteroatoms. The molecule has 166 valence electrons. The number of aromatic nitrogens is 1. The Bertz CT molecular complexity index is 934. The van der Waals surface area contributed by atoms with E-state index in [0.29, 0.717) is 24.3 Å². The minimum Gasteiger partial charge on any atom is -0.484 e. The van der Waals surface area contributed by atoms with Crippen LogP contribution in [0.25, 0.3) is 0 Å². The highest BCUT2D eigenvalue weighted by Gasteiger charge is 2.39. The van der Waals surface area contributed by atoms with Gasteiger partial charge in [0.2, 0.25) is 5.91 Å². The van der Waals surface area contributed by atoms with E-state index in [2.05, 4.69) is 4.98 Å². The zero-order chi connectivity index (χ0) is 22.6. The fraction of sp³-hybridized carbons (Fsp3) is 0.381. The Hall–Kier alpha value is -3.14. The van der Waals surface area contributed by atoms with Crippen molar-refractivity contribution in [3.05, 3.63) is 53.9 Å². The molecule has 2 amide bonds. The maximum absolute atomic E-state index is 13.4. The van der Waals surface area contributed by atoms with Crippen LogP contribution in [0.1, 0.15) is 24.5 Å². The molecule has 1 aliphatic heterocycles. The number of hydrogen-bond acceptors (Lipinski definition) is 5. The maximum atomic E-state index is 13.4. The Morgan fingerprint density at radius 2 is 1.97 bits per heavy atom. The minimum atomic E-state index is -4.64. The van der Waals surface area contributed by atoms with E-state index in [9.17, 15) is 22.8 Å². The molecule has 3 rings (SSSR count). The summed E-state index contributed by atoms with van der Waals surface area (Å²) in [5, 5.41) is 9.05. The Kier molecular flexibility index (Phi) is 6.79. The molecule has 1 N–H and O–H groups in total. The highest BCUT2D eigenvalue weighted by atomic mass is 19.4. The highest BCUT2D eigenvalue weighted by Crippen LogP contribution is 2.37. The van der Waals surface area contributed by atoms with Gasteiger partial charge in [0, 0.05) is 26.2 Å². The number of alkyl halides is 3. The van der Waals surface area contributed by atoms with Crippen molar-refractivity contribution in [3.63, 3.8) is 0 Å². The zero-order valence-corrected chi connectivity index (χ0v) is 16.8. The third-order valence-corrected chi connectivity index (χ3v) is 5.05. The number of hydrogen-bond donors (Lipinski definition) is 1. The smallest absolute Gasteiger partial charge is 0.418 e. The van der Waals surface area contributed by atoms with Gasteiger partial charge in [-0.15, -0.1) is 0 Å². The number of ether oxygens (including phenoxy) is 1. The lowest BCUT2D eigenvalue weighted by molar-refractivity contribution is -0.137. The molecule has 0 aliphatic carbocycles. The van der Waals surface area contributed by atoms with Gasteiger partial charge in [0.1, 0.15) is 5.75 Å². The number of anilines is 1. The summed E-state index contributed by atoms with van der Waals surface area (Å²) in [7, 11) is 0. The first-order valence-corrected chi connectivity index (χ1v) is 9.62. The van der Waals surface area contributed by atoms with E-state index in [4.69, 9.17) is 9.84 Å². The van der Waals surface area contributed by atoms with E-state index in [0.717, 1.165) is 23.4 Å². The van der Waals surface area contributed by atoms with Gasteiger partial charge in [-0.3, -0.25) is 14.6 Å². The first-order valence-electron chi connectivity index (χ1n) is 9.62. The Labute approximate surface area is 177 Å². The lowest BCUT2D eigenvalue weighted by Gasteiger charge is -2.30. The molecular formula is C21H22F3N3O4. The predicted octanol–water partition coefficient (Wildman–Crippen LogP) is 2.63. The van der Waals surface area contributed by atoms with Crippen LogP contribution < -0.4 is 9.64 Å². The number of nitrogens with zero attached hydrogens (tertiary/aromatic N) is 3. The van der Waals surface area contributed by atoms with Crippen LogP contribution in [0.4, 0.5) is 18.9 Å². The third-order valence-electron chi connectivity index (χ3n) is 5.05. The number of halogens is 3. The molecule has 0 radical (unpaired) electrons. The second kappa shape index (κ2) is 9.34. The first kappa shape index (κ1) is 22.5. The van der Waals surface area contributed by atoms with Gasteiger partial charge in [-0.25, -0.2) is 0 Å². The molecule has 0 unspecified atom stereocenters. The van der Waals surface area contributed by atoms with E-state index in [1.807, 2.05) is 0 Å². The van der Waals surface area contributed by atoms with E-state index < -0.39 is 23.7 Å². The van der Waals surface area contributed by atoms with E-state index in [-0.39, 0.29) is 31.4 Å². The number of likely N-dealkylation sites (tertiary alicyclic amines) is 1. The van der Waals surface area contributed by atoms with Gasteiger partial charge in [-0.2, -0.15) is 13.2 Å². The summed E-state index contributed by atoms with van der Waals surface area (Å²) in [4.78, 5) is 31.0. The van der Waals surface area contributed by atoms with Crippen molar-refractivity contribution in [1.82, 2.24) is 9.88 Å². The predicted molar refractivity (Wildman–Crippen MR) is 105 cm³/mol. The fourth-order valence-electron chi connectivity index (χ4n) is 3.55. The topological polar surface area (TPSA) is 83.0 Å². The molecule has 1 aromatic carbocycles. The summed E-state index contributed by atoms with van der Waals surface area (Å²) in [6.07, 6.45) is -2.25. The number of carbonyl (C=O) groups is 2. The van der Waals surface area contributed by atoms with E-state index >= 15 is 0 Å². The number of carbonyl (C=O) groups excluding carboxylic acids is 2. The van der Waals surface area contributed by atoms with Crippen molar-refractivity contribution in [1.29, 1.82) is 0 Å². The quantitative estimate of drug-likeness (QED) is 0.751. The number of pyridine rings is 1. The average Bonchev–Trinajstić information content (AvgIpc) is 3.21. The Balaban J connectivity index is 1.68. The zero-order valence-electron chi connectivity index (χ0n) is 16.8. The monoisotopic (exact) mass is 437 g/mol. The number of aliphatic hydroxyl groups is 1. The first-order chi connectivity index (χ1) is 14.7. The lowest BCUT2D eigenvalue weighted by Crippen LogP contribution is -2.43. The molecule has 2 aromatic rings. The SMILES string of the molecule is CC(=O)N(c1cnccc1C(F)(F)F)[C@H]1CCN(C(=O)COc2ccc(CO)cc2)C1. The highest BCUT2D eigenvalue weighted by molar-refractivity contribution is 5.93. The largest absolute Gasteiger partial charge is 0.484 e. The normalized spacial score (nSPS) is 16.3. The Morgan fingerprint density at radius 1 is 1.26 bits per heavy atom. The van der Waals surface area contributed by atoms with Gasteiger partial charge >= 0.3 is 6.18 Å². The molecule has 0 spiro atoms. The van der Waals surface area contributed by atoms with Crippen molar-refractivity contribution < 1.29 is 32.6 Å². The molecule has 7 nitrogen and oxygen atoms in total. The van der Waals surface area contributed by atoms with Crippen LogP contribution in [0.15, 0.2) is 42.7 Å². The molecule has 1 atom stereocenters. The molecule has 1 aromatic heterocycles. The molecule has 0 bridgehead atoms. The molecular weight excluding hydrogens is 415 g/mol. The number of aliphatic hydroxyl groups excluding tert-OH is 1. The van der Waals surface area contributed by atoms with Crippen LogP contribution >= 0.6 is 0 Å². The molecule has 2 heterocycles. The van der Waals surface area contributed by atoms with Crippen LogP contribution in [0, 0.1) is 0 Å². The minimum absolute atomic E-state index is 0.0947. The van der Waals surface area contributed by atoms with Gasteiger partial charge in [0.15, 0.2) is 6.61 Å². The van der Waals surface area contributed by atoms with Gasteiger partial charge < -0.3 is 19.6 Å². The molecule has 1 aliphatic rings. The van der Waals surface area contributed by atoms with Crippen molar-refractivity contribution in [2.45, 2.75) is 32.2 Å². The second-order valence-electron chi connectivity index (χ2n) is 7.15. The van der Waals surface area contributed by atoms with Crippen molar-refractivity contribution >= 4 is 17.5 Å². The van der Waals surface area contributed by atoms with Crippen LogP contribution in [0.3, 0.4) is 0 Å². The summed E-state index contributed by atoms with van der Waals surface area (Å²) in [5.41, 5.74) is -0.557. The maximum Gasteiger partial charge on any atom is 0.418 e. The summed E-state index contributed by atoms with van der Waals surface area (Å²) < 4.78 is 45.7. The number of rotatable bonds is 6. The number of amides is 2. The summed E-state index contributed by atoms with van der Waals surface area (Å²) in [6, 6.07) is 6.83. The van der Waals surface area contributed by atoms with Gasteiger partial charge in [0.05, 0.1) is 30.1 Å². The summed E-state index contributed by atoms with van der Waals surface area (Å²) in [5.74, 6) is -0.436. The van der Waals surface area contributed by atoms with Crippen LogP contribution in [-0.4, -0.2) is 52.5 Å². The van der Waals surface area contributed by atoms with Crippen LogP contribution in [-0.2, 0) is 22.4 Å². The molecule has 1 fully saturated rings. The summed E-state index contributed by atoms with van der Waals surface area (Å²) >= 11 is 0. The fourth-order valence-corrected chi connectivity index (χ4v) is 3.55. The van der Waals surface area contributed by atoms with E-state index in [1.54, 1.807) is 24.3 Å². The second-order valence-corrected chi connectivity index (χ2v) is 7.15. The molecule has 0 saturated carbocycles. The standard InChI is InChI=1S/C21H22F3N3O4/c1-14(29)27(19-10-25-8-6-18(19)21(22,23)24)16-7-9-26(11-16)20(30)13-31-17-4-2-15(12-28)3-5-17/h2-6,8,10,16,28H,7,9,11-13H2,1H3/t16-/m0/s1. The summed E-state index contributed by atoms with van der Waals surface area (Å²) in [6.45, 7) is 1.23. The van der Waals surface area contributed by atoms with Crippen LogP contribution in [0.5, 0.6) is 5.75 Å².